The average molecular weight is 268 g/mol. The van der Waals surface area contributed by atoms with Crippen LogP contribution in [0.5, 0.6) is 5.75 Å². The van der Waals surface area contributed by atoms with Gasteiger partial charge in [0.25, 0.3) is 0 Å². The van der Waals surface area contributed by atoms with Crippen molar-refractivity contribution in [1.82, 2.24) is 15.0 Å². The van der Waals surface area contributed by atoms with Gasteiger partial charge < -0.3 is 9.84 Å². The third-order valence-corrected chi connectivity index (χ3v) is 2.58. The van der Waals surface area contributed by atoms with Crippen LogP contribution < -0.4 is 4.74 Å². The van der Waals surface area contributed by atoms with Crippen LogP contribution in [0.3, 0.4) is 0 Å². The molecule has 0 radical (unpaired) electrons. The minimum absolute atomic E-state index is 0.162. The maximum absolute atomic E-state index is 10.5. The normalized spacial score (nSPS) is 10.3. The molecule has 1 aromatic carbocycles. The number of rotatable bonds is 4. The standard InChI is InChI=1S/C11H10ClN3O3/c1-18-10-5-8(2-3-9(10)12)15-6-7(13-14-15)4-11(16)17/h2-3,5-6H,4H2,1H3,(H,16,17). The van der Waals surface area contributed by atoms with E-state index in [1.54, 1.807) is 24.4 Å². The summed E-state index contributed by atoms with van der Waals surface area (Å²) in [4.78, 5) is 10.5. The van der Waals surface area contributed by atoms with E-state index in [0.717, 1.165) is 0 Å². The summed E-state index contributed by atoms with van der Waals surface area (Å²) in [5, 5.41) is 16.8. The third kappa shape index (κ3) is 2.60. The lowest BCUT2D eigenvalue weighted by Crippen LogP contribution is -2.00. The predicted octanol–water partition coefficient (Wildman–Crippen LogP) is 1.56. The number of ether oxygens (including phenoxy) is 1. The maximum atomic E-state index is 10.5. The largest absolute Gasteiger partial charge is 0.495 e. The summed E-state index contributed by atoms with van der Waals surface area (Å²) in [6.45, 7) is 0. The van der Waals surface area contributed by atoms with Gasteiger partial charge >= 0.3 is 5.97 Å². The zero-order chi connectivity index (χ0) is 13.1. The first-order chi connectivity index (χ1) is 8.60. The van der Waals surface area contributed by atoms with Crippen LogP contribution in [0.1, 0.15) is 5.69 Å². The van der Waals surface area contributed by atoms with Gasteiger partial charge in [-0.1, -0.05) is 16.8 Å². The van der Waals surface area contributed by atoms with Crippen molar-refractivity contribution in [1.29, 1.82) is 0 Å². The molecular formula is C11H10ClN3O3. The highest BCUT2D eigenvalue weighted by atomic mass is 35.5. The number of halogens is 1. The molecule has 2 aromatic rings. The highest BCUT2D eigenvalue weighted by Gasteiger charge is 2.08. The maximum Gasteiger partial charge on any atom is 0.309 e. The first-order valence-corrected chi connectivity index (χ1v) is 5.45. The lowest BCUT2D eigenvalue weighted by Gasteiger charge is -2.05. The van der Waals surface area contributed by atoms with Crippen molar-refractivity contribution in [2.24, 2.45) is 0 Å². The summed E-state index contributed by atoms with van der Waals surface area (Å²) in [7, 11) is 1.52. The number of benzene rings is 1. The second kappa shape index (κ2) is 5.05. The summed E-state index contributed by atoms with van der Waals surface area (Å²) in [5.74, 6) is -0.430. The molecule has 0 aliphatic carbocycles. The number of aromatic nitrogens is 3. The molecule has 0 amide bonds. The summed E-state index contributed by atoms with van der Waals surface area (Å²) in [6.07, 6.45) is 1.39. The molecule has 0 aliphatic rings. The number of carbonyl (C=O) groups is 1. The lowest BCUT2D eigenvalue weighted by atomic mass is 10.3. The molecule has 0 bridgehead atoms. The highest BCUT2D eigenvalue weighted by Crippen LogP contribution is 2.26. The molecule has 94 valence electrons. The van der Waals surface area contributed by atoms with Gasteiger partial charge in [0.2, 0.25) is 0 Å². The van der Waals surface area contributed by atoms with Gasteiger partial charge in [-0.05, 0) is 12.1 Å². The van der Waals surface area contributed by atoms with E-state index in [0.29, 0.717) is 22.2 Å². The third-order valence-electron chi connectivity index (χ3n) is 2.27. The molecule has 6 nitrogen and oxygen atoms in total. The summed E-state index contributed by atoms with van der Waals surface area (Å²) < 4.78 is 6.56. The van der Waals surface area contributed by atoms with Gasteiger partial charge in [0.15, 0.2) is 0 Å². The van der Waals surface area contributed by atoms with Gasteiger partial charge in [-0.25, -0.2) is 4.68 Å². The van der Waals surface area contributed by atoms with Crippen molar-refractivity contribution in [2.75, 3.05) is 7.11 Å². The van der Waals surface area contributed by atoms with Crippen molar-refractivity contribution < 1.29 is 14.6 Å². The second-order valence-corrected chi connectivity index (χ2v) is 3.95. The van der Waals surface area contributed by atoms with E-state index in [4.69, 9.17) is 21.4 Å². The number of nitrogens with zero attached hydrogens (tertiary/aromatic N) is 3. The van der Waals surface area contributed by atoms with Crippen LogP contribution in [0.25, 0.3) is 5.69 Å². The van der Waals surface area contributed by atoms with E-state index in [1.165, 1.54) is 11.8 Å². The molecule has 1 aromatic heterocycles. The molecule has 0 fully saturated rings. The Balaban J connectivity index is 2.31. The molecule has 0 unspecified atom stereocenters. The Bertz CT molecular complexity index is 583. The van der Waals surface area contributed by atoms with E-state index < -0.39 is 5.97 Å². The Kier molecular flexibility index (Phi) is 3.47. The molecule has 18 heavy (non-hydrogen) atoms. The molecule has 0 saturated carbocycles. The van der Waals surface area contributed by atoms with Gasteiger partial charge in [-0.2, -0.15) is 0 Å². The zero-order valence-corrected chi connectivity index (χ0v) is 10.3. The molecule has 0 aliphatic heterocycles. The van der Waals surface area contributed by atoms with E-state index in [1.807, 2.05) is 0 Å². The first kappa shape index (κ1) is 12.4. The predicted molar refractivity (Wildman–Crippen MR) is 64.3 cm³/mol. The smallest absolute Gasteiger partial charge is 0.309 e. The van der Waals surface area contributed by atoms with Crippen LogP contribution in [-0.4, -0.2) is 33.2 Å². The Morgan fingerprint density at radius 2 is 2.33 bits per heavy atom. The fourth-order valence-electron chi connectivity index (χ4n) is 1.45. The van der Waals surface area contributed by atoms with Crippen LogP contribution in [-0.2, 0) is 11.2 Å². The average Bonchev–Trinajstić information content (AvgIpc) is 2.77. The topological polar surface area (TPSA) is 77.2 Å². The Hall–Kier alpha value is -2.08. The Morgan fingerprint density at radius 1 is 1.56 bits per heavy atom. The Morgan fingerprint density at radius 3 is 3.00 bits per heavy atom. The molecule has 0 spiro atoms. The Labute approximate surface area is 108 Å². The van der Waals surface area contributed by atoms with E-state index in [2.05, 4.69) is 10.3 Å². The van der Waals surface area contributed by atoms with Crippen LogP contribution >= 0.6 is 11.6 Å². The van der Waals surface area contributed by atoms with Gasteiger partial charge in [0.05, 0.1) is 36.1 Å². The summed E-state index contributed by atoms with van der Waals surface area (Å²) >= 11 is 5.91. The highest BCUT2D eigenvalue weighted by molar-refractivity contribution is 6.32. The fraction of sp³-hybridized carbons (Fsp3) is 0.182. The van der Waals surface area contributed by atoms with Crippen molar-refractivity contribution >= 4 is 17.6 Å². The van der Waals surface area contributed by atoms with Crippen molar-refractivity contribution in [2.45, 2.75) is 6.42 Å². The van der Waals surface area contributed by atoms with Crippen LogP contribution in [0.4, 0.5) is 0 Å². The zero-order valence-electron chi connectivity index (χ0n) is 9.50. The number of aliphatic carboxylic acids is 1. The number of hydrogen-bond donors (Lipinski definition) is 1. The minimum Gasteiger partial charge on any atom is -0.495 e. The summed E-state index contributed by atoms with van der Waals surface area (Å²) in [5.41, 5.74) is 1.08. The molecule has 1 heterocycles. The molecule has 0 saturated heterocycles. The molecular weight excluding hydrogens is 258 g/mol. The van der Waals surface area contributed by atoms with E-state index >= 15 is 0 Å². The number of carboxylic acids is 1. The molecule has 1 N–H and O–H groups in total. The molecule has 2 rings (SSSR count). The first-order valence-electron chi connectivity index (χ1n) is 5.07. The number of methoxy groups -OCH3 is 1. The van der Waals surface area contributed by atoms with Crippen LogP contribution in [0.2, 0.25) is 5.02 Å². The van der Waals surface area contributed by atoms with E-state index in [9.17, 15) is 4.79 Å². The van der Waals surface area contributed by atoms with Crippen LogP contribution in [0.15, 0.2) is 24.4 Å². The minimum atomic E-state index is -0.948. The van der Waals surface area contributed by atoms with Crippen molar-refractivity contribution in [3.63, 3.8) is 0 Å². The second-order valence-electron chi connectivity index (χ2n) is 3.54. The van der Waals surface area contributed by atoms with Gasteiger partial charge in [0.1, 0.15) is 5.75 Å². The van der Waals surface area contributed by atoms with Crippen molar-refractivity contribution in [3.05, 3.63) is 35.1 Å². The monoisotopic (exact) mass is 267 g/mol. The van der Waals surface area contributed by atoms with E-state index in [-0.39, 0.29) is 6.42 Å². The van der Waals surface area contributed by atoms with Gasteiger partial charge in [-0.3, -0.25) is 4.79 Å². The number of carboxylic acid groups (broad SMARTS) is 1. The lowest BCUT2D eigenvalue weighted by molar-refractivity contribution is -0.136. The SMILES string of the molecule is COc1cc(-n2cc(CC(=O)O)nn2)ccc1Cl. The van der Waals surface area contributed by atoms with Gasteiger partial charge in [0, 0.05) is 6.07 Å². The van der Waals surface area contributed by atoms with Crippen LogP contribution in [0, 0.1) is 0 Å². The van der Waals surface area contributed by atoms with Gasteiger partial charge in [-0.15, -0.1) is 5.10 Å². The quantitative estimate of drug-likeness (QED) is 0.909. The molecule has 0 atom stereocenters. The molecule has 7 heteroatoms. The number of hydrogen-bond acceptors (Lipinski definition) is 4. The fourth-order valence-corrected chi connectivity index (χ4v) is 1.65. The summed E-state index contributed by atoms with van der Waals surface area (Å²) in [6, 6.07) is 5.11. The van der Waals surface area contributed by atoms with Crippen molar-refractivity contribution in [3.8, 4) is 11.4 Å².